The highest BCUT2D eigenvalue weighted by Crippen LogP contribution is 2.30. The van der Waals surface area contributed by atoms with Crippen LogP contribution in [0.1, 0.15) is 37.0 Å². The Hall–Kier alpha value is -3.03. The minimum absolute atomic E-state index is 0.116. The predicted molar refractivity (Wildman–Crippen MR) is 145 cm³/mol. The number of anilines is 1. The Morgan fingerprint density at radius 3 is 2.31 bits per heavy atom. The van der Waals surface area contributed by atoms with Crippen LogP contribution in [0.25, 0.3) is 0 Å². The second-order valence-corrected chi connectivity index (χ2v) is 11.2. The van der Waals surface area contributed by atoms with Crippen LogP contribution in [-0.4, -0.2) is 33.5 Å². The molecule has 0 heterocycles. The Kier molecular flexibility index (Phi) is 9.40. The third kappa shape index (κ3) is 7.24. The molecule has 3 rings (SSSR count). The first-order chi connectivity index (χ1) is 17.1. The number of amides is 1. The average molecular weight is 529 g/mol. The molecule has 0 aliphatic heterocycles. The van der Waals surface area contributed by atoms with Gasteiger partial charge in [0.1, 0.15) is 12.3 Å². The SMILES string of the molecule is Cc1ccc(S(=O)(=O)N(CC(=O)NCCCc2ccc(OC(C)C)cc2)c2cccc(Cl)c2C)cc1. The van der Waals surface area contributed by atoms with E-state index < -0.39 is 10.0 Å². The molecule has 0 unspecified atom stereocenters. The second-order valence-electron chi connectivity index (χ2n) is 8.97. The fraction of sp³-hybridized carbons (Fsp3) is 0.321. The molecule has 1 amide bonds. The van der Waals surface area contributed by atoms with E-state index in [1.807, 2.05) is 45.0 Å². The van der Waals surface area contributed by atoms with Crippen molar-refractivity contribution in [2.75, 3.05) is 17.4 Å². The van der Waals surface area contributed by atoms with Crippen molar-refractivity contribution in [1.82, 2.24) is 5.32 Å². The third-order valence-electron chi connectivity index (χ3n) is 5.66. The van der Waals surface area contributed by atoms with E-state index >= 15 is 0 Å². The minimum Gasteiger partial charge on any atom is -0.491 e. The number of carbonyl (C=O) groups is 1. The summed E-state index contributed by atoms with van der Waals surface area (Å²) in [5, 5.41) is 3.29. The van der Waals surface area contributed by atoms with Crippen molar-refractivity contribution >= 4 is 33.2 Å². The second kappa shape index (κ2) is 12.3. The van der Waals surface area contributed by atoms with E-state index in [1.54, 1.807) is 49.4 Å². The van der Waals surface area contributed by atoms with Crippen molar-refractivity contribution in [3.8, 4) is 5.75 Å². The number of aryl methyl sites for hydroxylation is 2. The van der Waals surface area contributed by atoms with Crippen LogP contribution in [0.5, 0.6) is 5.75 Å². The Labute approximate surface area is 219 Å². The minimum atomic E-state index is -3.99. The summed E-state index contributed by atoms with van der Waals surface area (Å²) >= 11 is 6.28. The topological polar surface area (TPSA) is 75.7 Å². The molecule has 3 aromatic carbocycles. The van der Waals surface area contributed by atoms with Gasteiger partial charge < -0.3 is 10.1 Å². The number of sulfonamides is 1. The summed E-state index contributed by atoms with van der Waals surface area (Å²) in [6, 6.07) is 19.5. The summed E-state index contributed by atoms with van der Waals surface area (Å²) in [5.74, 6) is 0.444. The highest BCUT2D eigenvalue weighted by molar-refractivity contribution is 7.92. The van der Waals surface area contributed by atoms with E-state index in [9.17, 15) is 13.2 Å². The summed E-state index contributed by atoms with van der Waals surface area (Å²) in [6.45, 7) is 7.67. The molecule has 3 aromatic rings. The summed E-state index contributed by atoms with van der Waals surface area (Å²) in [5.41, 5.74) is 3.05. The molecule has 8 heteroatoms. The molecule has 0 atom stereocenters. The van der Waals surface area contributed by atoms with Crippen LogP contribution in [0.2, 0.25) is 5.02 Å². The Bertz CT molecular complexity index is 1270. The van der Waals surface area contributed by atoms with Gasteiger partial charge in [-0.25, -0.2) is 8.42 Å². The Morgan fingerprint density at radius 2 is 1.67 bits per heavy atom. The summed E-state index contributed by atoms with van der Waals surface area (Å²) in [4.78, 5) is 13.0. The van der Waals surface area contributed by atoms with Crippen LogP contribution < -0.4 is 14.4 Å². The van der Waals surface area contributed by atoms with Crippen LogP contribution in [0.3, 0.4) is 0 Å². The van der Waals surface area contributed by atoms with Gasteiger partial charge in [0, 0.05) is 11.6 Å². The Balaban J connectivity index is 1.67. The maximum atomic E-state index is 13.5. The number of benzene rings is 3. The van der Waals surface area contributed by atoms with Gasteiger partial charge in [-0.3, -0.25) is 9.10 Å². The number of hydrogen-bond acceptors (Lipinski definition) is 4. The van der Waals surface area contributed by atoms with Gasteiger partial charge in [-0.15, -0.1) is 0 Å². The van der Waals surface area contributed by atoms with Crippen LogP contribution in [0.15, 0.2) is 71.6 Å². The number of nitrogens with one attached hydrogen (secondary N) is 1. The highest BCUT2D eigenvalue weighted by atomic mass is 35.5. The smallest absolute Gasteiger partial charge is 0.264 e. The molecule has 0 saturated carbocycles. The molecular formula is C28H33ClN2O4S. The van der Waals surface area contributed by atoms with E-state index in [1.165, 1.54) is 0 Å². The molecule has 0 radical (unpaired) electrons. The monoisotopic (exact) mass is 528 g/mol. The van der Waals surface area contributed by atoms with E-state index in [4.69, 9.17) is 16.3 Å². The van der Waals surface area contributed by atoms with Gasteiger partial charge in [0.2, 0.25) is 5.91 Å². The van der Waals surface area contributed by atoms with Crippen molar-refractivity contribution in [2.24, 2.45) is 0 Å². The molecule has 0 spiro atoms. The van der Waals surface area contributed by atoms with Crippen LogP contribution in [0.4, 0.5) is 5.69 Å². The van der Waals surface area contributed by atoms with Gasteiger partial charge in [0.05, 0.1) is 16.7 Å². The van der Waals surface area contributed by atoms with Crippen molar-refractivity contribution in [1.29, 1.82) is 0 Å². The zero-order chi connectivity index (χ0) is 26.3. The number of carbonyl (C=O) groups excluding carboxylic acids is 1. The van der Waals surface area contributed by atoms with Crippen LogP contribution in [-0.2, 0) is 21.2 Å². The fourth-order valence-electron chi connectivity index (χ4n) is 3.72. The zero-order valence-corrected chi connectivity index (χ0v) is 22.7. The quantitative estimate of drug-likeness (QED) is 0.324. The number of nitrogens with zero attached hydrogens (tertiary/aromatic N) is 1. The first kappa shape index (κ1) is 27.6. The normalized spacial score (nSPS) is 11.4. The number of ether oxygens (including phenoxy) is 1. The molecule has 6 nitrogen and oxygen atoms in total. The molecule has 192 valence electrons. The lowest BCUT2D eigenvalue weighted by atomic mass is 10.1. The van der Waals surface area contributed by atoms with E-state index in [0.717, 1.165) is 34.0 Å². The molecular weight excluding hydrogens is 496 g/mol. The maximum Gasteiger partial charge on any atom is 0.264 e. The first-order valence-electron chi connectivity index (χ1n) is 11.9. The summed E-state index contributed by atoms with van der Waals surface area (Å²) in [6.07, 6.45) is 1.62. The number of rotatable bonds is 11. The van der Waals surface area contributed by atoms with Crippen molar-refractivity contribution in [3.63, 3.8) is 0 Å². The van der Waals surface area contributed by atoms with Gasteiger partial charge in [-0.1, -0.05) is 47.5 Å². The van der Waals surface area contributed by atoms with Gasteiger partial charge in [-0.05, 0) is 88.1 Å². The van der Waals surface area contributed by atoms with Gasteiger partial charge in [0.15, 0.2) is 0 Å². The number of halogens is 1. The standard InChI is InChI=1S/C28H33ClN2O4S/c1-20(2)35-24-14-12-23(13-15-24)7-6-18-30-28(32)19-31(27-9-5-8-26(29)22(27)4)36(33,34)25-16-10-21(3)11-17-25/h5,8-17,20H,6-7,18-19H2,1-4H3,(H,30,32). The lowest BCUT2D eigenvalue weighted by Crippen LogP contribution is -2.41. The summed E-state index contributed by atoms with van der Waals surface area (Å²) < 4.78 is 33.9. The van der Waals surface area contributed by atoms with E-state index in [-0.39, 0.29) is 23.5 Å². The third-order valence-corrected chi connectivity index (χ3v) is 7.85. The predicted octanol–water partition coefficient (Wildman–Crippen LogP) is 5.69. The van der Waals surface area contributed by atoms with Crippen molar-refractivity contribution in [2.45, 2.75) is 51.5 Å². The maximum absolute atomic E-state index is 13.5. The van der Waals surface area contributed by atoms with Crippen LogP contribution >= 0.6 is 11.6 Å². The van der Waals surface area contributed by atoms with Gasteiger partial charge >= 0.3 is 0 Å². The largest absolute Gasteiger partial charge is 0.491 e. The molecule has 1 N–H and O–H groups in total. The summed E-state index contributed by atoms with van der Waals surface area (Å²) in [7, 11) is -3.99. The molecule has 0 aromatic heterocycles. The highest BCUT2D eigenvalue weighted by Gasteiger charge is 2.28. The van der Waals surface area contributed by atoms with Crippen molar-refractivity contribution in [3.05, 3.63) is 88.4 Å². The molecule has 0 bridgehead atoms. The molecule has 0 fully saturated rings. The molecule has 0 aliphatic rings. The average Bonchev–Trinajstić information content (AvgIpc) is 2.83. The molecule has 0 saturated heterocycles. The lowest BCUT2D eigenvalue weighted by molar-refractivity contribution is -0.119. The fourth-order valence-corrected chi connectivity index (χ4v) is 5.36. The molecule has 36 heavy (non-hydrogen) atoms. The molecule has 0 aliphatic carbocycles. The van der Waals surface area contributed by atoms with Crippen LogP contribution in [0, 0.1) is 13.8 Å². The van der Waals surface area contributed by atoms with E-state index in [2.05, 4.69) is 5.32 Å². The van der Waals surface area contributed by atoms with E-state index in [0.29, 0.717) is 22.8 Å². The Morgan fingerprint density at radius 1 is 1.00 bits per heavy atom. The number of hydrogen-bond donors (Lipinski definition) is 1. The van der Waals surface area contributed by atoms with Gasteiger partial charge in [-0.2, -0.15) is 0 Å². The zero-order valence-electron chi connectivity index (χ0n) is 21.1. The lowest BCUT2D eigenvalue weighted by Gasteiger charge is -2.26. The van der Waals surface area contributed by atoms with Crippen molar-refractivity contribution < 1.29 is 17.9 Å². The first-order valence-corrected chi connectivity index (χ1v) is 13.8. The van der Waals surface area contributed by atoms with Gasteiger partial charge in [0.25, 0.3) is 10.0 Å².